The molecule has 0 fully saturated rings. The highest BCUT2D eigenvalue weighted by molar-refractivity contribution is 5.94. The first kappa shape index (κ1) is 16.8. The number of nitrogens with zero attached hydrogens (tertiary/aromatic N) is 1. The molecule has 0 bridgehead atoms. The van der Waals surface area contributed by atoms with Crippen LogP contribution in [0.25, 0.3) is 0 Å². The van der Waals surface area contributed by atoms with Gasteiger partial charge in [0, 0.05) is 19.2 Å². The van der Waals surface area contributed by atoms with Gasteiger partial charge in [0.25, 0.3) is 5.91 Å². The van der Waals surface area contributed by atoms with Gasteiger partial charge >= 0.3 is 0 Å². The molecule has 0 aliphatic carbocycles. The molecule has 25 heavy (non-hydrogen) atoms. The van der Waals surface area contributed by atoms with Crippen molar-refractivity contribution in [2.24, 2.45) is 0 Å². The van der Waals surface area contributed by atoms with Crippen molar-refractivity contribution in [2.75, 3.05) is 0 Å². The molecule has 3 aromatic rings. The lowest BCUT2D eigenvalue weighted by atomic mass is 10.1. The lowest BCUT2D eigenvalue weighted by Crippen LogP contribution is -2.30. The first-order chi connectivity index (χ1) is 12.1. The van der Waals surface area contributed by atoms with E-state index in [0.717, 1.165) is 23.3 Å². The third-order valence-electron chi connectivity index (χ3n) is 3.88. The smallest absolute Gasteiger partial charge is 0.257 e. The van der Waals surface area contributed by atoms with Crippen LogP contribution in [0, 0.1) is 11.6 Å². The molecule has 0 aliphatic heterocycles. The van der Waals surface area contributed by atoms with E-state index in [9.17, 15) is 13.6 Å². The van der Waals surface area contributed by atoms with Gasteiger partial charge < -0.3 is 4.90 Å². The molecule has 0 heterocycles. The molecule has 0 N–H and O–H groups in total. The number of rotatable bonds is 5. The van der Waals surface area contributed by atoms with E-state index in [0.29, 0.717) is 13.1 Å². The summed E-state index contributed by atoms with van der Waals surface area (Å²) in [7, 11) is 0. The minimum atomic E-state index is -0.851. The van der Waals surface area contributed by atoms with Crippen LogP contribution in [-0.2, 0) is 13.1 Å². The number of carbonyl (C=O) groups is 1. The summed E-state index contributed by atoms with van der Waals surface area (Å²) >= 11 is 0. The average Bonchev–Trinajstić information content (AvgIpc) is 2.62. The third-order valence-corrected chi connectivity index (χ3v) is 3.88. The maximum atomic E-state index is 14.1. The number of benzene rings is 3. The molecule has 0 spiro atoms. The highest BCUT2D eigenvalue weighted by Gasteiger charge is 2.20. The van der Waals surface area contributed by atoms with Gasteiger partial charge in [-0.2, -0.15) is 0 Å². The number of halogens is 2. The minimum Gasteiger partial charge on any atom is -0.330 e. The van der Waals surface area contributed by atoms with E-state index in [1.165, 1.54) is 6.07 Å². The minimum absolute atomic E-state index is 0.131. The van der Waals surface area contributed by atoms with Crippen molar-refractivity contribution in [3.63, 3.8) is 0 Å². The molecule has 0 aromatic heterocycles. The Kier molecular flexibility index (Phi) is 5.19. The molecular weight excluding hydrogens is 320 g/mol. The van der Waals surface area contributed by atoms with Crippen LogP contribution in [0.4, 0.5) is 8.78 Å². The quantitative estimate of drug-likeness (QED) is 0.654. The lowest BCUT2D eigenvalue weighted by Gasteiger charge is -2.23. The van der Waals surface area contributed by atoms with E-state index in [1.807, 2.05) is 60.7 Å². The molecule has 0 saturated carbocycles. The Morgan fingerprint density at radius 1 is 0.760 bits per heavy atom. The molecule has 0 radical (unpaired) electrons. The van der Waals surface area contributed by atoms with Gasteiger partial charge in [-0.3, -0.25) is 4.79 Å². The van der Waals surface area contributed by atoms with Gasteiger partial charge in [-0.1, -0.05) is 60.7 Å². The van der Waals surface area contributed by atoms with Crippen LogP contribution >= 0.6 is 0 Å². The molecule has 0 atom stereocenters. The van der Waals surface area contributed by atoms with Crippen molar-refractivity contribution in [3.8, 4) is 0 Å². The molecule has 126 valence electrons. The Balaban J connectivity index is 1.90. The number of hydrogen-bond acceptors (Lipinski definition) is 1. The van der Waals surface area contributed by atoms with Gasteiger partial charge in [0.15, 0.2) is 0 Å². The van der Waals surface area contributed by atoms with Crippen LogP contribution in [-0.4, -0.2) is 10.8 Å². The Morgan fingerprint density at radius 3 is 1.76 bits per heavy atom. The van der Waals surface area contributed by atoms with Crippen molar-refractivity contribution in [2.45, 2.75) is 13.1 Å². The summed E-state index contributed by atoms with van der Waals surface area (Å²) in [6, 6.07) is 22.0. The summed E-state index contributed by atoms with van der Waals surface area (Å²) in [5.41, 5.74) is 1.75. The van der Waals surface area contributed by atoms with Crippen molar-refractivity contribution >= 4 is 5.91 Å². The molecule has 3 rings (SSSR count). The summed E-state index contributed by atoms with van der Waals surface area (Å²) in [6.45, 7) is 0.677. The summed E-state index contributed by atoms with van der Waals surface area (Å²) in [5, 5.41) is 0. The van der Waals surface area contributed by atoms with Crippen molar-refractivity contribution in [3.05, 3.63) is 107 Å². The zero-order valence-electron chi connectivity index (χ0n) is 13.5. The maximum absolute atomic E-state index is 14.1. The van der Waals surface area contributed by atoms with Crippen molar-refractivity contribution in [1.29, 1.82) is 0 Å². The summed E-state index contributed by atoms with van der Waals surface area (Å²) in [5.74, 6) is -2.02. The zero-order valence-corrected chi connectivity index (χ0v) is 13.5. The van der Waals surface area contributed by atoms with E-state index < -0.39 is 17.5 Å². The summed E-state index contributed by atoms with van der Waals surface area (Å²) in [4.78, 5) is 14.4. The summed E-state index contributed by atoms with van der Waals surface area (Å²) in [6.07, 6.45) is 0. The van der Waals surface area contributed by atoms with Crippen LogP contribution < -0.4 is 0 Å². The second-order valence-corrected chi connectivity index (χ2v) is 5.76. The molecule has 0 aliphatic rings. The lowest BCUT2D eigenvalue weighted by molar-refractivity contribution is 0.0725. The number of hydrogen-bond donors (Lipinski definition) is 0. The van der Waals surface area contributed by atoms with Crippen LogP contribution in [0.15, 0.2) is 78.9 Å². The average molecular weight is 337 g/mol. The fraction of sp³-hybridized carbons (Fsp3) is 0.0952. The molecule has 1 amide bonds. The van der Waals surface area contributed by atoms with E-state index in [-0.39, 0.29) is 5.56 Å². The van der Waals surface area contributed by atoms with Crippen LogP contribution in [0.2, 0.25) is 0 Å². The topological polar surface area (TPSA) is 20.3 Å². The molecule has 0 unspecified atom stereocenters. The fourth-order valence-corrected chi connectivity index (χ4v) is 2.64. The Bertz CT molecular complexity index is 809. The Labute approximate surface area is 145 Å². The summed E-state index contributed by atoms with van der Waals surface area (Å²) < 4.78 is 27.2. The fourth-order valence-electron chi connectivity index (χ4n) is 2.64. The monoisotopic (exact) mass is 337 g/mol. The van der Waals surface area contributed by atoms with E-state index >= 15 is 0 Å². The Morgan fingerprint density at radius 2 is 1.28 bits per heavy atom. The second-order valence-electron chi connectivity index (χ2n) is 5.76. The van der Waals surface area contributed by atoms with Gasteiger partial charge in [0.05, 0.1) is 5.56 Å². The van der Waals surface area contributed by atoms with Crippen molar-refractivity contribution < 1.29 is 13.6 Å². The molecule has 0 saturated heterocycles. The highest BCUT2D eigenvalue weighted by Crippen LogP contribution is 2.17. The molecule has 3 aromatic carbocycles. The second kappa shape index (κ2) is 7.71. The van der Waals surface area contributed by atoms with Gasteiger partial charge in [-0.05, 0) is 23.3 Å². The molecular formula is C21H17F2NO. The standard InChI is InChI=1S/C21H17F2NO/c22-18-11-12-19(20(23)13-18)21(25)24(14-16-7-3-1-4-8-16)15-17-9-5-2-6-10-17/h1-13H,14-15H2. The number of amides is 1. The van der Waals surface area contributed by atoms with Gasteiger partial charge in [0.1, 0.15) is 11.6 Å². The zero-order chi connectivity index (χ0) is 17.6. The SMILES string of the molecule is O=C(c1ccc(F)cc1F)N(Cc1ccccc1)Cc1ccccc1. The first-order valence-corrected chi connectivity index (χ1v) is 7.95. The van der Waals surface area contributed by atoms with E-state index in [4.69, 9.17) is 0 Å². The van der Waals surface area contributed by atoms with Crippen molar-refractivity contribution in [1.82, 2.24) is 4.90 Å². The first-order valence-electron chi connectivity index (χ1n) is 7.95. The molecule has 2 nitrogen and oxygen atoms in total. The van der Waals surface area contributed by atoms with Crippen LogP contribution in [0.1, 0.15) is 21.5 Å². The number of carbonyl (C=O) groups excluding carboxylic acids is 1. The van der Waals surface area contributed by atoms with Gasteiger partial charge in [-0.25, -0.2) is 8.78 Å². The van der Waals surface area contributed by atoms with E-state index in [1.54, 1.807) is 4.90 Å². The van der Waals surface area contributed by atoms with E-state index in [2.05, 4.69) is 0 Å². The Hall–Kier alpha value is -3.01. The highest BCUT2D eigenvalue weighted by atomic mass is 19.1. The largest absolute Gasteiger partial charge is 0.330 e. The van der Waals surface area contributed by atoms with Crippen LogP contribution in [0.5, 0.6) is 0 Å². The van der Waals surface area contributed by atoms with Crippen LogP contribution in [0.3, 0.4) is 0 Å². The molecule has 4 heteroatoms. The van der Waals surface area contributed by atoms with Gasteiger partial charge in [-0.15, -0.1) is 0 Å². The normalized spacial score (nSPS) is 10.5. The third kappa shape index (κ3) is 4.29. The predicted molar refractivity (Wildman–Crippen MR) is 92.8 cm³/mol. The maximum Gasteiger partial charge on any atom is 0.257 e. The predicted octanol–water partition coefficient (Wildman–Crippen LogP) is 4.81. The van der Waals surface area contributed by atoms with Gasteiger partial charge in [0.2, 0.25) is 0 Å².